The lowest BCUT2D eigenvalue weighted by atomic mass is 9.84. The third kappa shape index (κ3) is 5.10. The Hall–Kier alpha value is -2.29. The molecule has 0 aliphatic heterocycles. The minimum absolute atomic E-state index is 0.193. The van der Waals surface area contributed by atoms with Gasteiger partial charge in [0.25, 0.3) is 0 Å². The van der Waals surface area contributed by atoms with Crippen molar-refractivity contribution < 1.29 is 9.53 Å². The van der Waals surface area contributed by atoms with Crippen molar-refractivity contribution in [1.82, 2.24) is 0 Å². The number of nitrogens with one attached hydrogen (secondary N) is 1. The molecule has 2 aromatic rings. The summed E-state index contributed by atoms with van der Waals surface area (Å²) in [5.41, 5.74) is 3.22. The van der Waals surface area contributed by atoms with E-state index in [1.807, 2.05) is 43.3 Å². The second-order valence-corrected chi connectivity index (χ2v) is 7.01. The van der Waals surface area contributed by atoms with Gasteiger partial charge in [-0.05, 0) is 55.5 Å². The lowest BCUT2D eigenvalue weighted by Crippen LogP contribution is -2.09. The molecule has 2 aromatic carbocycles. The molecule has 1 aliphatic carbocycles. The summed E-state index contributed by atoms with van der Waals surface area (Å²) in [6, 6.07) is 16.2. The number of anilines is 1. The van der Waals surface area contributed by atoms with Crippen molar-refractivity contribution in [2.75, 3.05) is 18.5 Å². The number of hydrogen-bond acceptors (Lipinski definition) is 3. The number of benzene rings is 2. The van der Waals surface area contributed by atoms with Gasteiger partial charge in [0.1, 0.15) is 5.75 Å². The molecule has 3 heteroatoms. The Morgan fingerprint density at radius 1 is 1.00 bits per heavy atom. The Morgan fingerprint density at radius 3 is 2.35 bits per heavy atom. The number of ketones is 1. The van der Waals surface area contributed by atoms with Crippen molar-refractivity contribution >= 4 is 11.5 Å². The smallest absolute Gasteiger partial charge is 0.164 e. The van der Waals surface area contributed by atoms with Crippen LogP contribution in [0.25, 0.3) is 0 Å². The molecule has 0 amide bonds. The van der Waals surface area contributed by atoms with Gasteiger partial charge in [0.15, 0.2) is 5.78 Å². The third-order valence-electron chi connectivity index (χ3n) is 5.16. The maximum absolute atomic E-state index is 12.4. The average Bonchev–Trinajstić information content (AvgIpc) is 2.70. The van der Waals surface area contributed by atoms with E-state index in [1.54, 1.807) is 0 Å². The first kappa shape index (κ1) is 18.5. The molecule has 0 spiro atoms. The molecular formula is C23H29NO2. The number of ether oxygens (including phenoxy) is 1. The maximum Gasteiger partial charge on any atom is 0.164 e. The number of carbonyl (C=O) groups is 1. The van der Waals surface area contributed by atoms with Crippen LogP contribution in [0.3, 0.4) is 0 Å². The molecule has 26 heavy (non-hydrogen) atoms. The summed E-state index contributed by atoms with van der Waals surface area (Å²) in [6.07, 6.45) is 7.12. The number of Topliss-reactive ketones (excluding diaryl/α,β-unsaturated/α-hetero) is 1. The molecule has 3 rings (SSSR count). The summed E-state index contributed by atoms with van der Waals surface area (Å²) in [5.74, 6) is 1.75. The summed E-state index contributed by atoms with van der Waals surface area (Å²) in [4.78, 5) is 12.4. The van der Waals surface area contributed by atoms with E-state index in [4.69, 9.17) is 4.74 Å². The van der Waals surface area contributed by atoms with Crippen LogP contribution in [0.5, 0.6) is 5.75 Å². The second-order valence-electron chi connectivity index (χ2n) is 7.01. The van der Waals surface area contributed by atoms with E-state index in [1.165, 1.54) is 37.7 Å². The number of hydrogen-bond donors (Lipinski definition) is 1. The predicted molar refractivity (Wildman–Crippen MR) is 107 cm³/mol. The fraction of sp³-hybridized carbons (Fsp3) is 0.435. The van der Waals surface area contributed by atoms with E-state index < -0.39 is 0 Å². The molecule has 1 aliphatic rings. The van der Waals surface area contributed by atoms with Gasteiger partial charge in [-0.15, -0.1) is 0 Å². The standard InChI is InChI=1S/C23H29NO2/c1-2-26-22-14-12-21(13-15-22)24-17-16-23(25)20-10-8-19(9-11-20)18-6-4-3-5-7-18/h8-15,18,24H,2-7,16-17H2,1H3. The summed E-state index contributed by atoms with van der Waals surface area (Å²) >= 11 is 0. The highest BCUT2D eigenvalue weighted by molar-refractivity contribution is 5.96. The van der Waals surface area contributed by atoms with E-state index in [0.29, 0.717) is 25.5 Å². The molecule has 3 nitrogen and oxygen atoms in total. The van der Waals surface area contributed by atoms with Gasteiger partial charge in [-0.25, -0.2) is 0 Å². The molecule has 0 bridgehead atoms. The fourth-order valence-corrected chi connectivity index (χ4v) is 3.68. The maximum atomic E-state index is 12.4. The van der Waals surface area contributed by atoms with Crippen molar-refractivity contribution in [2.24, 2.45) is 0 Å². The normalized spacial score (nSPS) is 14.8. The lowest BCUT2D eigenvalue weighted by molar-refractivity contribution is 0.0986. The minimum Gasteiger partial charge on any atom is -0.494 e. The SMILES string of the molecule is CCOc1ccc(NCCC(=O)c2ccc(C3CCCCC3)cc2)cc1. The van der Waals surface area contributed by atoms with Gasteiger partial charge < -0.3 is 10.1 Å². The van der Waals surface area contributed by atoms with E-state index in [2.05, 4.69) is 17.4 Å². The van der Waals surface area contributed by atoms with Crippen LogP contribution in [0.1, 0.15) is 67.3 Å². The summed E-state index contributed by atoms with van der Waals surface area (Å²) in [5, 5.41) is 3.30. The van der Waals surface area contributed by atoms with Crippen LogP contribution in [-0.2, 0) is 0 Å². The van der Waals surface area contributed by atoms with Crippen LogP contribution in [0.2, 0.25) is 0 Å². The minimum atomic E-state index is 0.193. The van der Waals surface area contributed by atoms with Crippen molar-refractivity contribution in [3.05, 3.63) is 59.7 Å². The predicted octanol–water partition coefficient (Wildman–Crippen LogP) is 5.82. The fourth-order valence-electron chi connectivity index (χ4n) is 3.68. The third-order valence-corrected chi connectivity index (χ3v) is 5.16. The molecule has 1 saturated carbocycles. The largest absolute Gasteiger partial charge is 0.494 e. The Balaban J connectivity index is 1.47. The zero-order valence-corrected chi connectivity index (χ0v) is 15.7. The molecule has 1 fully saturated rings. The molecule has 138 valence electrons. The van der Waals surface area contributed by atoms with E-state index in [-0.39, 0.29) is 5.78 Å². The molecule has 0 heterocycles. The van der Waals surface area contributed by atoms with Crippen molar-refractivity contribution in [3.8, 4) is 5.75 Å². The van der Waals surface area contributed by atoms with Crippen LogP contribution in [-0.4, -0.2) is 18.9 Å². The highest BCUT2D eigenvalue weighted by Crippen LogP contribution is 2.32. The zero-order valence-electron chi connectivity index (χ0n) is 15.7. The van der Waals surface area contributed by atoms with E-state index >= 15 is 0 Å². The average molecular weight is 351 g/mol. The molecule has 1 N–H and O–H groups in total. The Kier molecular flexibility index (Phi) is 6.70. The Morgan fingerprint density at radius 2 is 1.69 bits per heavy atom. The monoisotopic (exact) mass is 351 g/mol. The molecule has 0 saturated heterocycles. The van der Waals surface area contributed by atoms with Gasteiger partial charge in [0.2, 0.25) is 0 Å². The quantitative estimate of drug-likeness (QED) is 0.609. The topological polar surface area (TPSA) is 38.3 Å². The first-order chi connectivity index (χ1) is 12.8. The highest BCUT2D eigenvalue weighted by Gasteiger charge is 2.15. The van der Waals surface area contributed by atoms with Gasteiger partial charge in [-0.1, -0.05) is 43.5 Å². The summed E-state index contributed by atoms with van der Waals surface area (Å²) < 4.78 is 5.43. The molecule has 0 radical (unpaired) electrons. The van der Waals surface area contributed by atoms with Gasteiger partial charge in [-0.2, -0.15) is 0 Å². The van der Waals surface area contributed by atoms with Crippen molar-refractivity contribution in [1.29, 1.82) is 0 Å². The molecule has 0 aromatic heterocycles. The summed E-state index contributed by atoms with van der Waals surface area (Å²) in [7, 11) is 0. The zero-order chi connectivity index (χ0) is 18.2. The van der Waals surface area contributed by atoms with Gasteiger partial charge in [0.05, 0.1) is 6.61 Å². The van der Waals surface area contributed by atoms with Crippen molar-refractivity contribution in [3.63, 3.8) is 0 Å². The van der Waals surface area contributed by atoms with Crippen LogP contribution < -0.4 is 10.1 Å². The van der Waals surface area contributed by atoms with E-state index in [9.17, 15) is 4.79 Å². The van der Waals surface area contributed by atoms with E-state index in [0.717, 1.165) is 17.0 Å². The van der Waals surface area contributed by atoms with Gasteiger partial charge in [0, 0.05) is 24.2 Å². The van der Waals surface area contributed by atoms with Crippen LogP contribution >= 0.6 is 0 Å². The van der Waals surface area contributed by atoms with Crippen molar-refractivity contribution in [2.45, 2.75) is 51.4 Å². The van der Waals surface area contributed by atoms with Crippen LogP contribution in [0, 0.1) is 0 Å². The molecule has 0 unspecified atom stereocenters. The molecule has 0 atom stereocenters. The van der Waals surface area contributed by atoms with Crippen LogP contribution in [0.4, 0.5) is 5.69 Å². The lowest BCUT2D eigenvalue weighted by Gasteiger charge is -2.22. The van der Waals surface area contributed by atoms with Gasteiger partial charge in [-0.3, -0.25) is 4.79 Å². The summed E-state index contributed by atoms with van der Waals surface area (Å²) in [6.45, 7) is 3.28. The number of rotatable bonds is 8. The number of carbonyl (C=O) groups excluding carboxylic acids is 1. The second kappa shape index (κ2) is 9.42. The van der Waals surface area contributed by atoms with Crippen LogP contribution in [0.15, 0.2) is 48.5 Å². The first-order valence-electron chi connectivity index (χ1n) is 9.86. The molecular weight excluding hydrogens is 322 g/mol. The van der Waals surface area contributed by atoms with Gasteiger partial charge >= 0.3 is 0 Å². The first-order valence-corrected chi connectivity index (χ1v) is 9.86. The highest BCUT2D eigenvalue weighted by atomic mass is 16.5. The Labute approximate surface area is 156 Å². The Bertz CT molecular complexity index is 685.